The number of carbonyl (C=O) groups excluding carboxylic acids is 1. The van der Waals surface area contributed by atoms with Gasteiger partial charge >= 0.3 is 0 Å². The Morgan fingerprint density at radius 3 is 2.72 bits per heavy atom. The Kier molecular flexibility index (Phi) is 5.12. The highest BCUT2D eigenvalue weighted by molar-refractivity contribution is 6.01. The number of carbonyl (C=O) groups is 1. The number of hydrogen-bond donors (Lipinski definition) is 1. The average Bonchev–Trinajstić information content (AvgIpc) is 2.96. The van der Waals surface area contributed by atoms with E-state index >= 15 is 0 Å². The maximum absolute atomic E-state index is 12.5. The second-order valence-corrected chi connectivity index (χ2v) is 6.30. The number of unbranched alkanes of at least 4 members (excludes halogenated alkanes) is 2. The number of aryl methyl sites for hydroxylation is 1. The Labute approximate surface area is 148 Å². The molecule has 0 saturated carbocycles. The van der Waals surface area contributed by atoms with Crippen LogP contribution in [0.15, 0.2) is 36.5 Å². The molecule has 0 radical (unpaired) electrons. The fraction of sp³-hybridized carbons (Fsp3) is 0.350. The predicted octanol–water partition coefficient (Wildman–Crippen LogP) is 3.86. The van der Waals surface area contributed by atoms with Crippen LogP contribution in [-0.4, -0.2) is 27.2 Å². The molecule has 0 aliphatic carbocycles. The van der Waals surface area contributed by atoms with Crippen LogP contribution < -0.4 is 5.32 Å². The van der Waals surface area contributed by atoms with Gasteiger partial charge in [0.25, 0.3) is 5.91 Å². The molecule has 0 bridgehead atoms. The Morgan fingerprint density at radius 2 is 2.00 bits per heavy atom. The fourth-order valence-corrected chi connectivity index (χ4v) is 2.95. The summed E-state index contributed by atoms with van der Waals surface area (Å²) in [5, 5.41) is 8.34. The summed E-state index contributed by atoms with van der Waals surface area (Å²) in [4.78, 5) is 17.1. The van der Waals surface area contributed by atoms with Crippen molar-refractivity contribution in [1.29, 1.82) is 0 Å². The first-order valence-corrected chi connectivity index (χ1v) is 8.78. The lowest BCUT2D eigenvalue weighted by Gasteiger charge is -2.10. The van der Waals surface area contributed by atoms with E-state index in [1.54, 1.807) is 0 Å². The minimum atomic E-state index is -0.121. The quantitative estimate of drug-likeness (QED) is 0.695. The third-order valence-corrected chi connectivity index (χ3v) is 4.54. The monoisotopic (exact) mass is 336 g/mol. The van der Waals surface area contributed by atoms with Crippen molar-refractivity contribution in [1.82, 2.24) is 20.1 Å². The maximum Gasteiger partial charge on any atom is 0.269 e. The fourth-order valence-electron chi connectivity index (χ4n) is 2.95. The zero-order valence-corrected chi connectivity index (χ0v) is 15.0. The van der Waals surface area contributed by atoms with Crippen LogP contribution in [0.1, 0.15) is 42.4 Å². The molecule has 5 heteroatoms. The van der Waals surface area contributed by atoms with Gasteiger partial charge in [0.05, 0.1) is 11.7 Å². The molecule has 5 nitrogen and oxygen atoms in total. The van der Waals surface area contributed by atoms with Crippen LogP contribution in [0.2, 0.25) is 0 Å². The SMILES string of the molecule is CCCCCNC(=O)c1cc(-c2cnn(C)c2C)c2ccccc2n1. The molecule has 1 aromatic carbocycles. The summed E-state index contributed by atoms with van der Waals surface area (Å²) in [6.07, 6.45) is 5.09. The molecule has 25 heavy (non-hydrogen) atoms. The van der Waals surface area contributed by atoms with E-state index in [1.807, 2.05) is 55.2 Å². The average molecular weight is 336 g/mol. The number of rotatable bonds is 6. The van der Waals surface area contributed by atoms with Crippen LogP contribution in [0.3, 0.4) is 0 Å². The molecular formula is C20H24N4O. The minimum Gasteiger partial charge on any atom is -0.351 e. The number of amides is 1. The first-order valence-electron chi connectivity index (χ1n) is 8.78. The van der Waals surface area contributed by atoms with E-state index < -0.39 is 0 Å². The standard InChI is InChI=1S/C20H24N4O/c1-4-5-8-11-21-20(25)19-12-16(17-13-22-24(3)14(17)2)15-9-6-7-10-18(15)23-19/h6-7,9-10,12-13H,4-5,8,11H2,1-3H3,(H,21,25). The van der Waals surface area contributed by atoms with Crippen molar-refractivity contribution in [2.75, 3.05) is 6.54 Å². The van der Waals surface area contributed by atoms with E-state index in [0.717, 1.165) is 47.0 Å². The summed E-state index contributed by atoms with van der Waals surface area (Å²) in [5.74, 6) is -0.121. The number of benzene rings is 1. The number of hydrogen-bond acceptors (Lipinski definition) is 3. The van der Waals surface area contributed by atoms with E-state index in [9.17, 15) is 4.79 Å². The van der Waals surface area contributed by atoms with Crippen molar-refractivity contribution >= 4 is 16.8 Å². The van der Waals surface area contributed by atoms with Gasteiger partial charge in [0.2, 0.25) is 0 Å². The number of para-hydroxylation sites is 1. The molecule has 3 rings (SSSR count). The number of fused-ring (bicyclic) bond motifs is 1. The lowest BCUT2D eigenvalue weighted by molar-refractivity contribution is 0.0948. The Bertz CT molecular complexity index is 898. The summed E-state index contributed by atoms with van der Waals surface area (Å²) in [7, 11) is 1.92. The highest BCUT2D eigenvalue weighted by Crippen LogP contribution is 2.30. The molecule has 2 aromatic heterocycles. The third-order valence-electron chi connectivity index (χ3n) is 4.54. The van der Waals surface area contributed by atoms with Crippen molar-refractivity contribution < 1.29 is 4.79 Å². The lowest BCUT2D eigenvalue weighted by Crippen LogP contribution is -2.25. The molecule has 3 aromatic rings. The molecule has 0 aliphatic rings. The van der Waals surface area contributed by atoms with Crippen molar-refractivity contribution in [3.63, 3.8) is 0 Å². The van der Waals surface area contributed by atoms with Crippen LogP contribution >= 0.6 is 0 Å². The smallest absolute Gasteiger partial charge is 0.269 e. The summed E-state index contributed by atoms with van der Waals surface area (Å²) in [6, 6.07) is 9.79. The van der Waals surface area contributed by atoms with Crippen LogP contribution in [-0.2, 0) is 7.05 Å². The third kappa shape index (κ3) is 3.55. The Balaban J connectivity index is 2.01. The second-order valence-electron chi connectivity index (χ2n) is 6.30. The van der Waals surface area contributed by atoms with Gasteiger partial charge in [-0.25, -0.2) is 4.98 Å². The van der Waals surface area contributed by atoms with Gasteiger partial charge in [0, 0.05) is 30.2 Å². The van der Waals surface area contributed by atoms with Crippen molar-refractivity contribution in [2.24, 2.45) is 7.05 Å². The van der Waals surface area contributed by atoms with Crippen LogP contribution in [0, 0.1) is 6.92 Å². The molecule has 1 N–H and O–H groups in total. The molecule has 0 unspecified atom stereocenters. The number of nitrogens with zero attached hydrogens (tertiary/aromatic N) is 3. The van der Waals surface area contributed by atoms with E-state index in [1.165, 1.54) is 0 Å². The van der Waals surface area contributed by atoms with E-state index in [-0.39, 0.29) is 5.91 Å². The molecule has 0 atom stereocenters. The van der Waals surface area contributed by atoms with E-state index in [0.29, 0.717) is 12.2 Å². The maximum atomic E-state index is 12.5. The van der Waals surface area contributed by atoms with Crippen molar-refractivity contribution in [3.8, 4) is 11.1 Å². The molecule has 130 valence electrons. The summed E-state index contributed by atoms with van der Waals surface area (Å²) >= 11 is 0. The van der Waals surface area contributed by atoms with Gasteiger partial charge < -0.3 is 5.32 Å². The summed E-state index contributed by atoms with van der Waals surface area (Å²) < 4.78 is 1.84. The van der Waals surface area contributed by atoms with Gasteiger partial charge in [-0.15, -0.1) is 0 Å². The molecule has 0 spiro atoms. The lowest BCUT2D eigenvalue weighted by atomic mass is 10.0. The topological polar surface area (TPSA) is 59.8 Å². The highest BCUT2D eigenvalue weighted by atomic mass is 16.1. The van der Waals surface area contributed by atoms with Gasteiger partial charge in [-0.1, -0.05) is 38.0 Å². The second kappa shape index (κ2) is 7.47. The first-order chi connectivity index (χ1) is 12.1. The predicted molar refractivity (Wildman–Crippen MR) is 101 cm³/mol. The van der Waals surface area contributed by atoms with Gasteiger partial charge in [0.1, 0.15) is 5.69 Å². The number of pyridine rings is 1. The van der Waals surface area contributed by atoms with Gasteiger partial charge in [-0.05, 0) is 31.0 Å². The zero-order chi connectivity index (χ0) is 17.8. The summed E-state index contributed by atoms with van der Waals surface area (Å²) in [5.41, 5.74) is 4.36. The van der Waals surface area contributed by atoms with Gasteiger partial charge in [-0.2, -0.15) is 5.10 Å². The van der Waals surface area contributed by atoms with E-state index in [2.05, 4.69) is 22.3 Å². The van der Waals surface area contributed by atoms with Gasteiger partial charge in [-0.3, -0.25) is 9.48 Å². The largest absolute Gasteiger partial charge is 0.351 e. The number of aromatic nitrogens is 3. The molecule has 2 heterocycles. The van der Waals surface area contributed by atoms with Gasteiger partial charge in [0.15, 0.2) is 0 Å². The zero-order valence-electron chi connectivity index (χ0n) is 15.0. The molecule has 0 saturated heterocycles. The van der Waals surface area contributed by atoms with Crippen LogP contribution in [0.4, 0.5) is 0 Å². The highest BCUT2D eigenvalue weighted by Gasteiger charge is 2.15. The van der Waals surface area contributed by atoms with E-state index in [4.69, 9.17) is 0 Å². The molecular weight excluding hydrogens is 312 g/mol. The van der Waals surface area contributed by atoms with Crippen LogP contribution in [0.5, 0.6) is 0 Å². The Morgan fingerprint density at radius 1 is 1.20 bits per heavy atom. The molecule has 0 fully saturated rings. The summed E-state index contributed by atoms with van der Waals surface area (Å²) in [6.45, 7) is 4.86. The first kappa shape index (κ1) is 17.1. The molecule has 1 amide bonds. The number of nitrogens with one attached hydrogen (secondary N) is 1. The van der Waals surface area contributed by atoms with Crippen molar-refractivity contribution in [2.45, 2.75) is 33.1 Å². The molecule has 0 aliphatic heterocycles. The normalized spacial score (nSPS) is 11.0. The van der Waals surface area contributed by atoms with Crippen molar-refractivity contribution in [3.05, 3.63) is 47.9 Å². The Hall–Kier alpha value is -2.69. The van der Waals surface area contributed by atoms with Crippen LogP contribution in [0.25, 0.3) is 22.0 Å². The minimum absolute atomic E-state index is 0.121.